The van der Waals surface area contributed by atoms with Crippen molar-refractivity contribution in [3.05, 3.63) is 41.6 Å². The van der Waals surface area contributed by atoms with Crippen LogP contribution in [-0.2, 0) is 0 Å². The molecule has 0 bridgehead atoms. The number of primary amides is 1. The van der Waals surface area contributed by atoms with Crippen LogP contribution in [0.5, 0.6) is 0 Å². The van der Waals surface area contributed by atoms with Crippen LogP contribution in [-0.4, -0.2) is 28.5 Å². The molecule has 23 heavy (non-hydrogen) atoms. The van der Waals surface area contributed by atoms with Gasteiger partial charge in [0.2, 0.25) is 5.95 Å². The molecule has 0 aliphatic rings. The van der Waals surface area contributed by atoms with Gasteiger partial charge in [-0.25, -0.2) is 4.98 Å². The van der Waals surface area contributed by atoms with E-state index in [1.165, 1.54) is 6.20 Å². The zero-order chi connectivity index (χ0) is 16.8. The summed E-state index contributed by atoms with van der Waals surface area (Å²) in [5.41, 5.74) is 13.4. The number of anilines is 3. The predicted octanol–water partition coefficient (Wildman–Crippen LogP) is 1.78. The summed E-state index contributed by atoms with van der Waals surface area (Å²) in [4.78, 5) is 20.0. The number of aryl methyl sites for hydroxylation is 1. The minimum absolute atomic E-state index is 0.0163. The zero-order valence-electron chi connectivity index (χ0n) is 13.3. The highest BCUT2D eigenvalue weighted by Gasteiger charge is 2.13. The Hall–Kier alpha value is -2.67. The minimum atomic E-state index is -0.586. The normalized spacial score (nSPS) is 11.8. The van der Waals surface area contributed by atoms with Gasteiger partial charge in [0, 0.05) is 24.5 Å². The standard InChI is InChI=1S/C16H22N6O/c1-3-11(17)8-19-16-20-9-13(14(18)23)15(22-16)21-12-6-4-5-10(2)7-12/h4-7,9,11H,3,8,17H2,1-2H3,(H2,18,23)(H2,19,20,21,22). The van der Waals surface area contributed by atoms with Crippen LogP contribution in [0.1, 0.15) is 29.3 Å². The third kappa shape index (κ3) is 4.65. The van der Waals surface area contributed by atoms with E-state index >= 15 is 0 Å². The Balaban J connectivity index is 2.25. The van der Waals surface area contributed by atoms with Crippen LogP contribution in [0.2, 0.25) is 0 Å². The first-order valence-corrected chi connectivity index (χ1v) is 7.49. The first kappa shape index (κ1) is 16.7. The number of carbonyl (C=O) groups is 1. The Kier molecular flexibility index (Phi) is 5.48. The van der Waals surface area contributed by atoms with Crippen molar-refractivity contribution in [2.24, 2.45) is 11.5 Å². The van der Waals surface area contributed by atoms with Gasteiger partial charge in [0.05, 0.1) is 0 Å². The van der Waals surface area contributed by atoms with Crippen LogP contribution in [0, 0.1) is 6.92 Å². The highest BCUT2D eigenvalue weighted by Crippen LogP contribution is 2.20. The van der Waals surface area contributed by atoms with Gasteiger partial charge < -0.3 is 22.1 Å². The summed E-state index contributed by atoms with van der Waals surface area (Å²) in [6.45, 7) is 4.55. The third-order valence-electron chi connectivity index (χ3n) is 3.38. The molecule has 6 N–H and O–H groups in total. The molecular weight excluding hydrogens is 292 g/mol. The summed E-state index contributed by atoms with van der Waals surface area (Å²) in [5.74, 6) is 0.177. The van der Waals surface area contributed by atoms with Crippen molar-refractivity contribution >= 4 is 23.4 Å². The maximum absolute atomic E-state index is 11.6. The van der Waals surface area contributed by atoms with E-state index in [0.29, 0.717) is 18.3 Å². The summed E-state index contributed by atoms with van der Waals surface area (Å²) < 4.78 is 0. The fourth-order valence-electron chi connectivity index (χ4n) is 1.97. The average Bonchev–Trinajstić information content (AvgIpc) is 2.52. The molecule has 0 aliphatic carbocycles. The van der Waals surface area contributed by atoms with Gasteiger partial charge in [0.15, 0.2) is 0 Å². The quantitative estimate of drug-likeness (QED) is 0.618. The Morgan fingerprint density at radius 3 is 2.83 bits per heavy atom. The second-order valence-electron chi connectivity index (χ2n) is 5.36. The van der Waals surface area contributed by atoms with E-state index in [4.69, 9.17) is 11.5 Å². The molecule has 7 heteroatoms. The fraction of sp³-hybridized carbons (Fsp3) is 0.312. The van der Waals surface area contributed by atoms with Crippen LogP contribution in [0.25, 0.3) is 0 Å². The lowest BCUT2D eigenvalue weighted by Gasteiger charge is -2.13. The number of rotatable bonds is 7. The summed E-state index contributed by atoms with van der Waals surface area (Å²) in [6, 6.07) is 7.76. The van der Waals surface area contributed by atoms with E-state index in [9.17, 15) is 4.79 Å². The highest BCUT2D eigenvalue weighted by molar-refractivity contribution is 5.98. The molecule has 0 radical (unpaired) electrons. The molecule has 0 aliphatic heterocycles. The van der Waals surface area contributed by atoms with E-state index < -0.39 is 5.91 Å². The van der Waals surface area contributed by atoms with Crippen molar-refractivity contribution < 1.29 is 4.79 Å². The molecule has 1 amide bonds. The Morgan fingerprint density at radius 2 is 2.17 bits per heavy atom. The van der Waals surface area contributed by atoms with Gasteiger partial charge in [-0.3, -0.25) is 4.79 Å². The van der Waals surface area contributed by atoms with Crippen LogP contribution >= 0.6 is 0 Å². The van der Waals surface area contributed by atoms with E-state index in [-0.39, 0.29) is 11.6 Å². The summed E-state index contributed by atoms with van der Waals surface area (Å²) in [5, 5.41) is 6.17. The predicted molar refractivity (Wildman–Crippen MR) is 91.8 cm³/mol. The molecule has 1 heterocycles. The number of nitrogens with one attached hydrogen (secondary N) is 2. The Morgan fingerprint density at radius 1 is 1.39 bits per heavy atom. The summed E-state index contributed by atoms with van der Waals surface area (Å²) >= 11 is 0. The first-order chi connectivity index (χ1) is 11.0. The maximum atomic E-state index is 11.6. The monoisotopic (exact) mass is 314 g/mol. The molecule has 7 nitrogen and oxygen atoms in total. The molecule has 1 atom stereocenters. The molecule has 1 unspecified atom stereocenters. The SMILES string of the molecule is CCC(N)CNc1ncc(C(N)=O)c(Nc2cccc(C)c2)n1. The first-order valence-electron chi connectivity index (χ1n) is 7.49. The summed E-state index contributed by atoms with van der Waals surface area (Å²) in [6.07, 6.45) is 2.26. The highest BCUT2D eigenvalue weighted by atomic mass is 16.1. The number of hydrogen-bond acceptors (Lipinski definition) is 6. The molecule has 2 aromatic rings. The van der Waals surface area contributed by atoms with Crippen LogP contribution in [0.4, 0.5) is 17.5 Å². The van der Waals surface area contributed by atoms with Crippen LogP contribution < -0.4 is 22.1 Å². The Bertz CT molecular complexity index is 688. The third-order valence-corrected chi connectivity index (χ3v) is 3.38. The molecule has 0 saturated carbocycles. The van der Waals surface area contributed by atoms with E-state index in [1.54, 1.807) is 0 Å². The van der Waals surface area contributed by atoms with Crippen LogP contribution in [0.3, 0.4) is 0 Å². The van der Waals surface area contributed by atoms with Crippen molar-refractivity contribution in [2.45, 2.75) is 26.3 Å². The number of nitrogens with two attached hydrogens (primary N) is 2. The number of aromatic nitrogens is 2. The number of nitrogens with zero attached hydrogens (tertiary/aromatic N) is 2. The van der Waals surface area contributed by atoms with E-state index in [1.807, 2.05) is 38.1 Å². The second-order valence-corrected chi connectivity index (χ2v) is 5.36. The maximum Gasteiger partial charge on any atom is 0.254 e. The van der Waals surface area contributed by atoms with Crippen LogP contribution in [0.15, 0.2) is 30.5 Å². The van der Waals surface area contributed by atoms with Gasteiger partial charge >= 0.3 is 0 Å². The lowest BCUT2D eigenvalue weighted by molar-refractivity contribution is 0.100. The van der Waals surface area contributed by atoms with Gasteiger partial charge in [-0.1, -0.05) is 19.1 Å². The molecule has 0 fully saturated rings. The smallest absolute Gasteiger partial charge is 0.254 e. The molecule has 122 valence electrons. The fourth-order valence-corrected chi connectivity index (χ4v) is 1.97. The van der Waals surface area contributed by atoms with Crippen molar-refractivity contribution in [1.82, 2.24) is 9.97 Å². The molecular formula is C16H22N6O. The van der Waals surface area contributed by atoms with Gasteiger partial charge in [-0.15, -0.1) is 0 Å². The molecule has 1 aromatic carbocycles. The number of carbonyl (C=O) groups excluding carboxylic acids is 1. The molecule has 2 rings (SSSR count). The van der Waals surface area contributed by atoms with E-state index in [0.717, 1.165) is 17.7 Å². The number of benzene rings is 1. The van der Waals surface area contributed by atoms with Gasteiger partial charge in [0.25, 0.3) is 5.91 Å². The largest absolute Gasteiger partial charge is 0.365 e. The lowest BCUT2D eigenvalue weighted by Crippen LogP contribution is -2.28. The van der Waals surface area contributed by atoms with Crippen molar-refractivity contribution in [3.63, 3.8) is 0 Å². The lowest BCUT2D eigenvalue weighted by atomic mass is 10.2. The molecule has 1 aromatic heterocycles. The molecule has 0 spiro atoms. The number of hydrogen-bond donors (Lipinski definition) is 4. The van der Waals surface area contributed by atoms with Gasteiger partial charge in [0.1, 0.15) is 11.4 Å². The average molecular weight is 314 g/mol. The van der Waals surface area contributed by atoms with Crippen molar-refractivity contribution in [2.75, 3.05) is 17.2 Å². The summed E-state index contributed by atoms with van der Waals surface area (Å²) in [7, 11) is 0. The van der Waals surface area contributed by atoms with Gasteiger partial charge in [-0.05, 0) is 31.0 Å². The van der Waals surface area contributed by atoms with Gasteiger partial charge in [-0.2, -0.15) is 4.98 Å². The molecule has 0 saturated heterocycles. The van der Waals surface area contributed by atoms with E-state index in [2.05, 4.69) is 20.6 Å². The van der Waals surface area contributed by atoms with Crippen molar-refractivity contribution in [3.8, 4) is 0 Å². The zero-order valence-corrected chi connectivity index (χ0v) is 13.3. The number of amides is 1. The Labute approximate surface area is 135 Å². The topological polar surface area (TPSA) is 119 Å². The minimum Gasteiger partial charge on any atom is -0.365 e. The van der Waals surface area contributed by atoms with Crippen molar-refractivity contribution in [1.29, 1.82) is 0 Å². The second kappa shape index (κ2) is 7.55.